The molecule has 1 aromatic carbocycles. The molecule has 4 N–H and O–H groups in total. The van der Waals surface area contributed by atoms with Crippen LogP contribution in [0.25, 0.3) is 0 Å². The molecule has 1 unspecified atom stereocenters. The second-order valence-electron chi connectivity index (χ2n) is 8.45. The lowest BCUT2D eigenvalue weighted by Gasteiger charge is -2.32. The van der Waals surface area contributed by atoms with Gasteiger partial charge in [-0.1, -0.05) is 11.2 Å². The predicted molar refractivity (Wildman–Crippen MR) is 117 cm³/mol. The number of anilines is 1. The van der Waals surface area contributed by atoms with E-state index < -0.39 is 29.8 Å². The fourth-order valence-corrected chi connectivity index (χ4v) is 4.25. The normalized spacial score (nSPS) is 22.8. The Bertz CT molecular complexity index is 1040. The fraction of sp³-hybridized carbons (Fsp3) is 0.455. The Labute approximate surface area is 190 Å². The number of rotatable bonds is 4. The average Bonchev–Trinajstić information content (AvgIpc) is 3.41. The van der Waals surface area contributed by atoms with E-state index in [0.29, 0.717) is 5.76 Å². The van der Waals surface area contributed by atoms with Crippen molar-refractivity contribution >= 4 is 23.5 Å². The molecule has 10 nitrogen and oxygen atoms in total. The van der Waals surface area contributed by atoms with E-state index in [1.165, 1.54) is 34.1 Å². The maximum atomic E-state index is 13.5. The van der Waals surface area contributed by atoms with Gasteiger partial charge in [-0.25, -0.2) is 9.18 Å². The van der Waals surface area contributed by atoms with Gasteiger partial charge < -0.3 is 25.8 Å². The molecule has 2 heterocycles. The van der Waals surface area contributed by atoms with Gasteiger partial charge in [-0.2, -0.15) is 0 Å². The molecule has 0 spiro atoms. The summed E-state index contributed by atoms with van der Waals surface area (Å²) < 4.78 is 18.5. The highest BCUT2D eigenvalue weighted by molar-refractivity contribution is 5.99. The van der Waals surface area contributed by atoms with Gasteiger partial charge in [-0.15, -0.1) is 0 Å². The summed E-state index contributed by atoms with van der Waals surface area (Å²) >= 11 is 0. The number of benzene rings is 1. The van der Waals surface area contributed by atoms with Crippen LogP contribution in [0.15, 0.2) is 34.9 Å². The van der Waals surface area contributed by atoms with Crippen molar-refractivity contribution in [2.75, 3.05) is 18.4 Å². The molecule has 33 heavy (non-hydrogen) atoms. The summed E-state index contributed by atoms with van der Waals surface area (Å²) in [5.41, 5.74) is 6.26. The van der Waals surface area contributed by atoms with E-state index in [1.807, 2.05) is 0 Å². The van der Waals surface area contributed by atoms with E-state index in [-0.39, 0.29) is 36.6 Å². The third-order valence-corrected chi connectivity index (χ3v) is 5.97. The van der Waals surface area contributed by atoms with Crippen LogP contribution < -0.4 is 16.4 Å². The van der Waals surface area contributed by atoms with Gasteiger partial charge in [0.2, 0.25) is 0 Å². The molecule has 4 amide bonds. The minimum atomic E-state index is -1.18. The molecular formula is C22H27FN6O4. The molecule has 1 atom stereocenters. The summed E-state index contributed by atoms with van der Waals surface area (Å²) in [6, 6.07) is 6.35. The van der Waals surface area contributed by atoms with Crippen LogP contribution in [0.5, 0.6) is 0 Å². The molecule has 2 aromatic rings. The number of nitrogens with one attached hydrogen (secondary N) is 2. The van der Waals surface area contributed by atoms with Crippen molar-refractivity contribution in [2.24, 2.45) is 5.73 Å². The molecule has 2 fully saturated rings. The Morgan fingerprint density at radius 3 is 2.52 bits per heavy atom. The van der Waals surface area contributed by atoms with Gasteiger partial charge in [0.25, 0.3) is 11.8 Å². The summed E-state index contributed by atoms with van der Waals surface area (Å²) in [4.78, 5) is 42.0. The van der Waals surface area contributed by atoms with Crippen molar-refractivity contribution in [2.45, 2.75) is 50.9 Å². The van der Waals surface area contributed by atoms with E-state index in [9.17, 15) is 18.8 Å². The number of aryl methyl sites for hydroxylation is 1. The summed E-state index contributed by atoms with van der Waals surface area (Å²) in [6.45, 7) is 1.91. The smallest absolute Gasteiger partial charge is 0.323 e. The number of nitrogens with zero attached hydrogens (tertiary/aromatic N) is 3. The van der Waals surface area contributed by atoms with Crippen molar-refractivity contribution in [1.82, 2.24) is 20.3 Å². The Balaban J connectivity index is 1.54. The SMILES string of the molecule is Cc1cc(C(=O)N2CCN(C(=O)Nc3cccc(F)c3)C2C(=O)NC2CCC(N)CC2)no1. The van der Waals surface area contributed by atoms with E-state index >= 15 is 0 Å². The molecular weight excluding hydrogens is 431 g/mol. The zero-order valence-electron chi connectivity index (χ0n) is 18.3. The van der Waals surface area contributed by atoms with Crippen LogP contribution in [-0.4, -0.2) is 64.1 Å². The van der Waals surface area contributed by atoms with Crippen LogP contribution in [0, 0.1) is 12.7 Å². The lowest BCUT2D eigenvalue weighted by atomic mass is 9.92. The number of amides is 4. The van der Waals surface area contributed by atoms with Crippen molar-refractivity contribution < 1.29 is 23.3 Å². The number of aromatic nitrogens is 1. The van der Waals surface area contributed by atoms with Gasteiger partial charge in [0.05, 0.1) is 0 Å². The number of hydrogen-bond donors (Lipinski definition) is 3. The zero-order valence-corrected chi connectivity index (χ0v) is 18.3. The van der Waals surface area contributed by atoms with Crippen molar-refractivity contribution in [3.8, 4) is 0 Å². The summed E-state index contributed by atoms with van der Waals surface area (Å²) in [5, 5.41) is 9.32. The minimum absolute atomic E-state index is 0.0568. The molecule has 1 aromatic heterocycles. The highest BCUT2D eigenvalue weighted by Crippen LogP contribution is 2.22. The van der Waals surface area contributed by atoms with Crippen LogP contribution in [-0.2, 0) is 4.79 Å². The number of halogens is 1. The third-order valence-electron chi connectivity index (χ3n) is 5.97. The number of urea groups is 1. The molecule has 4 rings (SSSR count). The van der Waals surface area contributed by atoms with Crippen molar-refractivity contribution in [1.29, 1.82) is 0 Å². The number of nitrogens with two attached hydrogens (primary N) is 1. The van der Waals surface area contributed by atoms with Crippen LogP contribution >= 0.6 is 0 Å². The lowest BCUT2D eigenvalue weighted by molar-refractivity contribution is -0.128. The maximum Gasteiger partial charge on any atom is 0.323 e. The number of carbonyl (C=O) groups is 3. The third kappa shape index (κ3) is 5.14. The second kappa shape index (κ2) is 9.57. The molecule has 11 heteroatoms. The number of carbonyl (C=O) groups excluding carboxylic acids is 3. The second-order valence-corrected chi connectivity index (χ2v) is 8.45. The Hall–Kier alpha value is -3.47. The van der Waals surface area contributed by atoms with Crippen molar-refractivity contribution in [3.05, 3.63) is 47.6 Å². The minimum Gasteiger partial charge on any atom is -0.361 e. The summed E-state index contributed by atoms with van der Waals surface area (Å²) in [6.07, 6.45) is 1.86. The quantitative estimate of drug-likeness (QED) is 0.640. The number of hydrogen-bond acceptors (Lipinski definition) is 6. The van der Waals surface area contributed by atoms with Gasteiger partial charge in [-0.05, 0) is 50.8 Å². The van der Waals surface area contributed by atoms with E-state index in [4.69, 9.17) is 10.3 Å². The Morgan fingerprint density at radius 1 is 1.12 bits per heavy atom. The van der Waals surface area contributed by atoms with Crippen LogP contribution in [0.1, 0.15) is 41.9 Å². The van der Waals surface area contributed by atoms with Crippen LogP contribution in [0.4, 0.5) is 14.9 Å². The molecule has 1 aliphatic heterocycles. The zero-order chi connectivity index (χ0) is 23.5. The van der Waals surface area contributed by atoms with Gasteiger partial charge in [0.15, 0.2) is 11.9 Å². The first-order chi connectivity index (χ1) is 15.8. The van der Waals surface area contributed by atoms with E-state index in [0.717, 1.165) is 25.7 Å². The van der Waals surface area contributed by atoms with Crippen molar-refractivity contribution in [3.63, 3.8) is 0 Å². The molecule has 1 aliphatic carbocycles. The monoisotopic (exact) mass is 458 g/mol. The first-order valence-electron chi connectivity index (χ1n) is 11.0. The van der Waals surface area contributed by atoms with Gasteiger partial charge >= 0.3 is 6.03 Å². The highest BCUT2D eigenvalue weighted by atomic mass is 19.1. The summed E-state index contributed by atoms with van der Waals surface area (Å²) in [7, 11) is 0. The molecule has 1 saturated carbocycles. The molecule has 0 bridgehead atoms. The standard InChI is InChI=1S/C22H27FN6O4/c1-13-11-18(27-33-13)21(31)28-9-10-29(22(32)26-17-4-2-3-14(23)12-17)20(28)19(30)25-16-7-5-15(24)6-8-16/h2-4,11-12,15-16,20H,5-10,24H2,1H3,(H,25,30)(H,26,32). The maximum absolute atomic E-state index is 13.5. The molecule has 176 valence electrons. The average molecular weight is 458 g/mol. The fourth-order valence-electron chi connectivity index (χ4n) is 4.25. The van der Waals surface area contributed by atoms with Gasteiger partial charge in [0, 0.05) is 36.9 Å². The van der Waals surface area contributed by atoms with E-state index in [2.05, 4.69) is 15.8 Å². The Kier molecular flexibility index (Phi) is 6.59. The lowest BCUT2D eigenvalue weighted by Crippen LogP contribution is -2.56. The van der Waals surface area contributed by atoms with Gasteiger partial charge in [0.1, 0.15) is 11.6 Å². The van der Waals surface area contributed by atoms with E-state index in [1.54, 1.807) is 13.0 Å². The molecule has 2 aliphatic rings. The molecule has 1 saturated heterocycles. The van der Waals surface area contributed by atoms with Crippen LogP contribution in [0.3, 0.4) is 0 Å². The summed E-state index contributed by atoms with van der Waals surface area (Å²) in [5.74, 6) is -1.02. The first-order valence-corrected chi connectivity index (χ1v) is 11.0. The highest BCUT2D eigenvalue weighted by Gasteiger charge is 2.44. The predicted octanol–water partition coefficient (Wildman–Crippen LogP) is 1.82. The molecule has 0 radical (unpaired) electrons. The first kappa shape index (κ1) is 22.7. The van der Waals surface area contributed by atoms with Crippen LogP contribution in [0.2, 0.25) is 0 Å². The Morgan fingerprint density at radius 2 is 1.85 bits per heavy atom. The topological polar surface area (TPSA) is 134 Å². The van der Waals surface area contributed by atoms with Gasteiger partial charge in [-0.3, -0.25) is 14.5 Å². The largest absolute Gasteiger partial charge is 0.361 e.